The molecule has 2 aliphatic carbocycles. The van der Waals surface area contributed by atoms with Gasteiger partial charge in [0.15, 0.2) is 5.78 Å². The average molecular weight is 558 g/mol. The number of Topliss-reactive ketones (excluding diaryl/α,β-unsaturated/α-hetero) is 1. The molecule has 10 radical (unpaired) electrons. The van der Waals surface area contributed by atoms with Crippen molar-refractivity contribution in [3.8, 4) is 17.2 Å². The number of hydrogen-bond acceptors (Lipinski definition) is 4. The molecule has 0 aromatic heterocycles. The summed E-state index contributed by atoms with van der Waals surface area (Å²) in [7, 11) is 0. The summed E-state index contributed by atoms with van der Waals surface area (Å²) in [5.74, 6) is 1.63. The Kier molecular flexibility index (Phi) is 12.2. The van der Waals surface area contributed by atoms with Gasteiger partial charge in [0.25, 0.3) is 0 Å². The van der Waals surface area contributed by atoms with Crippen molar-refractivity contribution in [1.29, 1.82) is 0 Å². The molecule has 39 heavy (non-hydrogen) atoms. The van der Waals surface area contributed by atoms with Crippen LogP contribution in [0.25, 0.3) is 11.1 Å². The molecule has 2 N–H and O–H groups in total. The summed E-state index contributed by atoms with van der Waals surface area (Å²) in [5, 5.41) is 19.5. The molecule has 5 rings (SSSR count). The van der Waals surface area contributed by atoms with Gasteiger partial charge in [-0.3, -0.25) is 4.79 Å². The second-order valence-corrected chi connectivity index (χ2v) is 8.67. The Balaban J connectivity index is 0.000000630. The van der Waals surface area contributed by atoms with E-state index in [1.54, 1.807) is 37.1 Å². The Morgan fingerprint density at radius 1 is 0.641 bits per heavy atom. The minimum atomic E-state index is -0.0608. The largest absolute Gasteiger partial charge is 2.00 e. The third-order valence-corrected chi connectivity index (χ3v) is 6.08. The molecule has 0 saturated heterocycles. The van der Waals surface area contributed by atoms with E-state index in [2.05, 4.69) is 6.92 Å². The maximum atomic E-state index is 12.2. The third-order valence-electron chi connectivity index (χ3n) is 6.08. The maximum Gasteiger partial charge on any atom is 2.00 e. The molecule has 3 aromatic rings. The molecule has 2 fully saturated rings. The first kappa shape index (κ1) is 30.5. The Labute approximate surface area is 243 Å². The molecule has 3 aromatic carbocycles. The summed E-state index contributed by atoms with van der Waals surface area (Å²) < 4.78 is 5.71. The summed E-state index contributed by atoms with van der Waals surface area (Å²) >= 11 is 0. The molecule has 0 spiro atoms. The predicted octanol–water partition coefficient (Wildman–Crippen LogP) is 6.84. The third kappa shape index (κ3) is 8.74. The van der Waals surface area contributed by atoms with Gasteiger partial charge in [-0.05, 0) is 128 Å². The SMILES string of the molecule is CC/C(=C(\c1ccc(O)cc1)c1ccc(OCC(=O)[C]2[CH][CH][CH][CH]2)cc1)c1ccc(O)cc1.[CH]1[CH][CH][CH][CH]1.[Fe+2]. The molecule has 0 aliphatic heterocycles. The van der Waals surface area contributed by atoms with E-state index in [-0.39, 0.29) is 41.0 Å². The van der Waals surface area contributed by atoms with E-state index in [0.29, 0.717) is 11.7 Å². The molecule has 5 heteroatoms. The van der Waals surface area contributed by atoms with Crippen LogP contribution in [0.5, 0.6) is 17.2 Å². The van der Waals surface area contributed by atoms with Crippen molar-refractivity contribution in [3.63, 3.8) is 0 Å². The van der Waals surface area contributed by atoms with E-state index in [9.17, 15) is 15.0 Å². The Bertz CT molecular complexity index is 1180. The number of carbonyl (C=O) groups excluding carboxylic acids is 1. The van der Waals surface area contributed by atoms with Crippen LogP contribution in [0.1, 0.15) is 30.0 Å². The van der Waals surface area contributed by atoms with E-state index in [1.165, 1.54) is 0 Å². The number of carbonyl (C=O) groups is 1. The molecular weight excluding hydrogens is 528 g/mol. The first-order valence-corrected chi connectivity index (χ1v) is 12.5. The van der Waals surface area contributed by atoms with Crippen LogP contribution in [-0.2, 0) is 21.9 Å². The molecule has 0 bridgehead atoms. The normalized spacial score (nSPS) is 15.5. The number of benzene rings is 3. The topological polar surface area (TPSA) is 66.8 Å². The van der Waals surface area contributed by atoms with Crippen LogP contribution in [0.15, 0.2) is 72.8 Å². The van der Waals surface area contributed by atoms with Crippen LogP contribution in [0.4, 0.5) is 0 Å². The van der Waals surface area contributed by atoms with Crippen molar-refractivity contribution < 1.29 is 36.8 Å². The minimum Gasteiger partial charge on any atom is -0.508 e. The van der Waals surface area contributed by atoms with Crippen molar-refractivity contribution in [2.75, 3.05) is 6.61 Å². The van der Waals surface area contributed by atoms with Gasteiger partial charge >= 0.3 is 17.1 Å². The summed E-state index contributed by atoms with van der Waals surface area (Å²) in [6, 6.07) is 22.0. The van der Waals surface area contributed by atoms with Crippen LogP contribution >= 0.6 is 0 Å². The van der Waals surface area contributed by atoms with Gasteiger partial charge in [0, 0.05) is 0 Å². The second-order valence-electron chi connectivity index (χ2n) is 8.67. The Hall–Kier alpha value is -3.01. The number of phenolic OH excluding ortho intramolecular Hbond substituents is 2. The van der Waals surface area contributed by atoms with Gasteiger partial charge in [-0.25, -0.2) is 0 Å². The molecule has 0 heterocycles. The maximum absolute atomic E-state index is 12.2. The van der Waals surface area contributed by atoms with E-state index in [1.807, 2.05) is 93.5 Å². The predicted molar refractivity (Wildman–Crippen MR) is 151 cm³/mol. The quantitative estimate of drug-likeness (QED) is 0.235. The van der Waals surface area contributed by atoms with Crippen molar-refractivity contribution >= 4 is 16.9 Å². The smallest absolute Gasteiger partial charge is 0.508 e. The van der Waals surface area contributed by atoms with Gasteiger partial charge in [0.2, 0.25) is 0 Å². The second kappa shape index (κ2) is 15.5. The number of aromatic hydroxyl groups is 2. The molecule has 0 atom stereocenters. The summed E-state index contributed by atoms with van der Waals surface area (Å²) in [5.41, 5.74) is 5.11. The zero-order chi connectivity index (χ0) is 26.7. The standard InChI is InChI=1S/C29H25O4.C5H5.Fe/c1-2-27(20-7-13-24(30)14-8-20)29(22-9-15-25(31)16-10-22)23-11-17-26(18-12-23)33-19-28(32)21-5-3-4-6-21;1-2-4-5-3-1;/h3-18,30-31H,2,19H2,1H3;1-5H;/q;;+2/b29-27-;;. The van der Waals surface area contributed by atoms with Crippen LogP contribution in [0.2, 0.25) is 0 Å². The van der Waals surface area contributed by atoms with Crippen LogP contribution < -0.4 is 4.74 Å². The van der Waals surface area contributed by atoms with Crippen molar-refractivity contribution in [3.05, 3.63) is 153 Å². The summed E-state index contributed by atoms with van der Waals surface area (Å²) in [6.07, 6.45) is 18.0. The number of allylic oxidation sites excluding steroid dienone is 1. The zero-order valence-electron chi connectivity index (χ0n) is 21.6. The number of hydrogen-bond donors (Lipinski definition) is 2. The molecule has 2 saturated carbocycles. The zero-order valence-corrected chi connectivity index (χ0v) is 22.7. The molecule has 0 unspecified atom stereocenters. The van der Waals surface area contributed by atoms with E-state index < -0.39 is 0 Å². The van der Waals surface area contributed by atoms with E-state index in [4.69, 9.17) is 4.74 Å². The van der Waals surface area contributed by atoms with Gasteiger partial charge in [0.1, 0.15) is 23.9 Å². The van der Waals surface area contributed by atoms with Crippen molar-refractivity contribution in [2.45, 2.75) is 13.3 Å². The first-order valence-electron chi connectivity index (χ1n) is 12.5. The first-order chi connectivity index (χ1) is 18.5. The molecule has 196 valence electrons. The Morgan fingerprint density at radius 3 is 1.54 bits per heavy atom. The summed E-state index contributed by atoms with van der Waals surface area (Å²) in [6.45, 7) is 2.08. The molecule has 4 nitrogen and oxygen atoms in total. The fourth-order valence-corrected chi connectivity index (χ4v) is 4.16. The number of rotatable bonds is 8. The Morgan fingerprint density at radius 2 is 1.08 bits per heavy atom. The molecule has 2 aliphatic rings. The fraction of sp³-hybridized carbons (Fsp3) is 0.0882. The molecule has 0 amide bonds. The van der Waals surface area contributed by atoms with Crippen LogP contribution in [0, 0.1) is 63.7 Å². The summed E-state index contributed by atoms with van der Waals surface area (Å²) in [4.78, 5) is 12.2. The molecular formula is C34H30FeO4+2. The minimum absolute atomic E-state index is 0. The van der Waals surface area contributed by atoms with Crippen molar-refractivity contribution in [2.24, 2.45) is 0 Å². The van der Waals surface area contributed by atoms with Crippen LogP contribution in [0.3, 0.4) is 0 Å². The van der Waals surface area contributed by atoms with Gasteiger partial charge in [0.05, 0.1) is 5.92 Å². The van der Waals surface area contributed by atoms with Gasteiger partial charge in [-0.15, -0.1) is 0 Å². The van der Waals surface area contributed by atoms with Gasteiger partial charge < -0.3 is 14.9 Å². The van der Waals surface area contributed by atoms with E-state index >= 15 is 0 Å². The van der Waals surface area contributed by atoms with Crippen LogP contribution in [-0.4, -0.2) is 22.6 Å². The monoisotopic (exact) mass is 558 g/mol. The van der Waals surface area contributed by atoms with Gasteiger partial charge in [-0.1, -0.05) is 43.3 Å². The number of ether oxygens (including phenoxy) is 1. The average Bonchev–Trinajstić information content (AvgIpc) is 3.70. The van der Waals surface area contributed by atoms with Gasteiger partial charge in [-0.2, -0.15) is 0 Å². The fourth-order valence-electron chi connectivity index (χ4n) is 4.16. The number of phenols is 2. The van der Waals surface area contributed by atoms with Crippen molar-refractivity contribution in [1.82, 2.24) is 0 Å². The number of ketones is 1. The van der Waals surface area contributed by atoms with E-state index in [0.717, 1.165) is 34.3 Å².